The summed E-state index contributed by atoms with van der Waals surface area (Å²) >= 11 is 3.28. The van der Waals surface area contributed by atoms with Gasteiger partial charge in [0, 0.05) is 4.47 Å². The zero-order chi connectivity index (χ0) is 10.6. The summed E-state index contributed by atoms with van der Waals surface area (Å²) in [5.74, 6) is -1.39. The van der Waals surface area contributed by atoms with Crippen molar-refractivity contribution in [2.24, 2.45) is 0 Å². The minimum absolute atomic E-state index is 0.0248. The number of aryl methyl sites for hydroxylation is 1. The van der Waals surface area contributed by atoms with Crippen molar-refractivity contribution in [1.29, 1.82) is 0 Å². The summed E-state index contributed by atoms with van der Waals surface area (Å²) in [6, 6.07) is 7.39. The van der Waals surface area contributed by atoms with Crippen LogP contribution in [0.1, 0.15) is 12.0 Å². The number of carboxylic acid groups (broad SMARTS) is 1. The van der Waals surface area contributed by atoms with Gasteiger partial charge in [-0.05, 0) is 30.5 Å². The SMILES string of the molecule is O=C(O)C(F)CCc1ccc(Br)cc1. The summed E-state index contributed by atoms with van der Waals surface area (Å²) in [4.78, 5) is 10.2. The Balaban J connectivity index is 2.46. The number of carbonyl (C=O) groups is 1. The number of aliphatic carboxylic acids is 1. The lowest BCUT2D eigenvalue weighted by atomic mass is 10.1. The van der Waals surface area contributed by atoms with Gasteiger partial charge in [0.2, 0.25) is 0 Å². The summed E-state index contributed by atoms with van der Waals surface area (Å²) in [6.07, 6.45) is -1.30. The zero-order valence-electron chi connectivity index (χ0n) is 7.41. The van der Waals surface area contributed by atoms with Gasteiger partial charge in [0.25, 0.3) is 0 Å². The first-order valence-electron chi connectivity index (χ1n) is 4.21. The molecule has 1 atom stereocenters. The van der Waals surface area contributed by atoms with Crippen molar-refractivity contribution in [3.8, 4) is 0 Å². The third kappa shape index (κ3) is 3.46. The first-order valence-corrected chi connectivity index (χ1v) is 5.00. The average molecular weight is 261 g/mol. The Morgan fingerprint density at radius 1 is 1.43 bits per heavy atom. The van der Waals surface area contributed by atoms with Crippen molar-refractivity contribution in [2.75, 3.05) is 0 Å². The smallest absolute Gasteiger partial charge is 0.338 e. The highest BCUT2D eigenvalue weighted by Gasteiger charge is 2.14. The largest absolute Gasteiger partial charge is 0.479 e. The summed E-state index contributed by atoms with van der Waals surface area (Å²) in [7, 11) is 0. The predicted molar refractivity (Wildman–Crippen MR) is 55.0 cm³/mol. The molecule has 0 aromatic heterocycles. The van der Waals surface area contributed by atoms with Crippen LogP contribution in [0.15, 0.2) is 28.7 Å². The molecule has 0 spiro atoms. The van der Waals surface area contributed by atoms with E-state index in [4.69, 9.17) is 5.11 Å². The molecule has 0 saturated carbocycles. The molecule has 0 saturated heterocycles. The van der Waals surface area contributed by atoms with E-state index < -0.39 is 12.1 Å². The fraction of sp³-hybridized carbons (Fsp3) is 0.300. The second-order valence-corrected chi connectivity index (χ2v) is 3.89. The van der Waals surface area contributed by atoms with Crippen LogP contribution in [0.3, 0.4) is 0 Å². The van der Waals surface area contributed by atoms with E-state index in [0.717, 1.165) is 10.0 Å². The molecule has 1 N–H and O–H groups in total. The monoisotopic (exact) mass is 260 g/mol. The number of hydrogen-bond acceptors (Lipinski definition) is 1. The summed E-state index contributed by atoms with van der Waals surface area (Å²) in [6.45, 7) is 0. The molecule has 1 aromatic carbocycles. The minimum Gasteiger partial charge on any atom is -0.479 e. The fourth-order valence-electron chi connectivity index (χ4n) is 1.07. The van der Waals surface area contributed by atoms with Gasteiger partial charge in [-0.25, -0.2) is 9.18 Å². The van der Waals surface area contributed by atoms with E-state index in [1.165, 1.54) is 0 Å². The quantitative estimate of drug-likeness (QED) is 0.904. The standard InChI is InChI=1S/C10H10BrFO2/c11-8-4-1-7(2-5-8)3-6-9(12)10(13)14/h1-2,4-5,9H,3,6H2,(H,13,14). The molecule has 0 bridgehead atoms. The van der Waals surface area contributed by atoms with Crippen LogP contribution in [0.4, 0.5) is 4.39 Å². The Bertz CT molecular complexity index is 310. The van der Waals surface area contributed by atoms with Crippen molar-refractivity contribution >= 4 is 21.9 Å². The van der Waals surface area contributed by atoms with Gasteiger partial charge in [0.15, 0.2) is 6.17 Å². The van der Waals surface area contributed by atoms with Gasteiger partial charge >= 0.3 is 5.97 Å². The van der Waals surface area contributed by atoms with Crippen LogP contribution >= 0.6 is 15.9 Å². The maximum atomic E-state index is 12.7. The highest BCUT2D eigenvalue weighted by atomic mass is 79.9. The van der Waals surface area contributed by atoms with Gasteiger partial charge in [-0.2, -0.15) is 0 Å². The van der Waals surface area contributed by atoms with Crippen molar-refractivity contribution < 1.29 is 14.3 Å². The molecule has 0 aliphatic rings. The number of benzene rings is 1. The van der Waals surface area contributed by atoms with Crippen LogP contribution in [-0.2, 0) is 11.2 Å². The lowest BCUT2D eigenvalue weighted by Crippen LogP contribution is -2.14. The van der Waals surface area contributed by atoms with Gasteiger partial charge in [0.05, 0.1) is 0 Å². The predicted octanol–water partition coefficient (Wildman–Crippen LogP) is 2.80. The molecule has 1 aromatic rings. The molecule has 0 aliphatic carbocycles. The van der Waals surface area contributed by atoms with E-state index >= 15 is 0 Å². The second-order valence-electron chi connectivity index (χ2n) is 2.97. The molecule has 0 heterocycles. The highest BCUT2D eigenvalue weighted by molar-refractivity contribution is 9.10. The fourth-order valence-corrected chi connectivity index (χ4v) is 1.33. The normalized spacial score (nSPS) is 12.4. The Labute approximate surface area is 89.9 Å². The average Bonchev–Trinajstić information content (AvgIpc) is 2.16. The molecular formula is C10H10BrFO2. The van der Waals surface area contributed by atoms with E-state index in [9.17, 15) is 9.18 Å². The van der Waals surface area contributed by atoms with Crippen LogP contribution in [0.5, 0.6) is 0 Å². The maximum absolute atomic E-state index is 12.7. The van der Waals surface area contributed by atoms with E-state index in [0.29, 0.717) is 6.42 Å². The Morgan fingerprint density at radius 3 is 2.50 bits per heavy atom. The molecule has 0 amide bonds. The topological polar surface area (TPSA) is 37.3 Å². The van der Waals surface area contributed by atoms with E-state index in [-0.39, 0.29) is 6.42 Å². The van der Waals surface area contributed by atoms with Crippen LogP contribution < -0.4 is 0 Å². The minimum atomic E-state index is -1.77. The van der Waals surface area contributed by atoms with Gasteiger partial charge in [-0.1, -0.05) is 28.1 Å². The first kappa shape index (κ1) is 11.2. The van der Waals surface area contributed by atoms with Crippen molar-refractivity contribution in [2.45, 2.75) is 19.0 Å². The van der Waals surface area contributed by atoms with Gasteiger partial charge < -0.3 is 5.11 Å². The molecular weight excluding hydrogens is 251 g/mol. The van der Waals surface area contributed by atoms with Crippen molar-refractivity contribution in [3.05, 3.63) is 34.3 Å². The number of hydrogen-bond donors (Lipinski definition) is 1. The lowest BCUT2D eigenvalue weighted by Gasteiger charge is -2.03. The number of carboxylic acids is 1. The van der Waals surface area contributed by atoms with Gasteiger partial charge in [0.1, 0.15) is 0 Å². The molecule has 76 valence electrons. The van der Waals surface area contributed by atoms with Gasteiger partial charge in [-0.15, -0.1) is 0 Å². The Hall–Kier alpha value is -0.900. The molecule has 0 fully saturated rings. The number of halogens is 2. The molecule has 4 heteroatoms. The molecule has 0 radical (unpaired) electrons. The third-order valence-corrected chi connectivity index (χ3v) is 2.40. The highest BCUT2D eigenvalue weighted by Crippen LogP contribution is 2.13. The van der Waals surface area contributed by atoms with E-state index in [1.54, 1.807) is 0 Å². The second kappa shape index (κ2) is 5.10. The zero-order valence-corrected chi connectivity index (χ0v) is 9.00. The maximum Gasteiger partial charge on any atom is 0.338 e. The first-order chi connectivity index (χ1) is 6.59. The number of rotatable bonds is 4. The Kier molecular flexibility index (Phi) is 4.07. The summed E-state index contributed by atoms with van der Waals surface area (Å²) < 4.78 is 13.6. The summed E-state index contributed by atoms with van der Waals surface area (Å²) in [5, 5.41) is 8.32. The third-order valence-electron chi connectivity index (χ3n) is 1.87. The van der Waals surface area contributed by atoms with E-state index in [1.807, 2.05) is 24.3 Å². The van der Waals surface area contributed by atoms with Crippen LogP contribution in [0.25, 0.3) is 0 Å². The molecule has 2 nitrogen and oxygen atoms in total. The lowest BCUT2D eigenvalue weighted by molar-refractivity contribution is -0.142. The van der Waals surface area contributed by atoms with Crippen LogP contribution in [0.2, 0.25) is 0 Å². The van der Waals surface area contributed by atoms with E-state index in [2.05, 4.69) is 15.9 Å². The van der Waals surface area contributed by atoms with Crippen LogP contribution in [-0.4, -0.2) is 17.2 Å². The van der Waals surface area contributed by atoms with Gasteiger partial charge in [-0.3, -0.25) is 0 Å². The molecule has 14 heavy (non-hydrogen) atoms. The van der Waals surface area contributed by atoms with Crippen LogP contribution in [0, 0.1) is 0 Å². The van der Waals surface area contributed by atoms with Crippen molar-refractivity contribution in [3.63, 3.8) is 0 Å². The molecule has 0 aliphatic heterocycles. The number of alkyl halides is 1. The molecule has 1 unspecified atom stereocenters. The summed E-state index contributed by atoms with van der Waals surface area (Å²) in [5.41, 5.74) is 0.942. The molecule has 1 rings (SSSR count). The van der Waals surface area contributed by atoms with Crippen molar-refractivity contribution in [1.82, 2.24) is 0 Å². The Morgan fingerprint density at radius 2 is 2.00 bits per heavy atom.